The zero-order valence-electron chi connectivity index (χ0n) is 37.6. The highest BCUT2D eigenvalue weighted by Crippen LogP contribution is 2.51. The summed E-state index contributed by atoms with van der Waals surface area (Å²) in [5.41, 5.74) is 25.9. The predicted molar refractivity (Wildman–Crippen MR) is 293 cm³/mol. The number of aromatic nitrogens is 2. The van der Waals surface area contributed by atoms with Gasteiger partial charge in [-0.3, -0.25) is 4.57 Å². The highest BCUT2D eigenvalue weighted by atomic mass is 15.1. The molecule has 1 aliphatic rings. The normalized spacial score (nSPS) is 13.0. The highest BCUT2D eigenvalue weighted by molar-refractivity contribution is 6.71. The van der Waals surface area contributed by atoms with Gasteiger partial charge in [-0.25, -0.2) is 4.98 Å². The summed E-state index contributed by atoms with van der Waals surface area (Å²) in [6.07, 6.45) is 0. The summed E-state index contributed by atoms with van der Waals surface area (Å²) in [6, 6.07) is 49.4. The lowest BCUT2D eigenvalue weighted by Gasteiger charge is -2.29. The van der Waals surface area contributed by atoms with E-state index in [1.165, 1.54) is 121 Å². The van der Waals surface area contributed by atoms with Crippen LogP contribution in [0.15, 0.2) is 133 Å². The van der Waals surface area contributed by atoms with Crippen LogP contribution >= 0.6 is 0 Å². The summed E-state index contributed by atoms with van der Waals surface area (Å²) in [5.74, 6) is 0.942. The molecule has 0 radical (unpaired) electrons. The van der Waals surface area contributed by atoms with Crippen molar-refractivity contribution < 1.29 is 0 Å². The summed E-state index contributed by atoms with van der Waals surface area (Å²) in [5, 5.41) is 7.88. The van der Waals surface area contributed by atoms with Crippen LogP contribution in [0.25, 0.3) is 93.8 Å². The maximum Gasteiger partial charge on any atom is 0.145 e. The molecule has 0 fully saturated rings. The van der Waals surface area contributed by atoms with E-state index in [9.17, 15) is 0 Å². The monoisotopic (exact) mass is 784 g/mol. The molecule has 286 valence electrons. The molecule has 0 saturated carbocycles. The summed E-state index contributed by atoms with van der Waals surface area (Å²) in [6.45, 7) is 4.79. The Morgan fingerprint density at radius 2 is 0.935 bits per heavy atom. The zero-order valence-corrected chi connectivity index (χ0v) is 37.6. The van der Waals surface area contributed by atoms with E-state index in [0.29, 0.717) is 0 Å². The maximum absolute atomic E-state index is 5.32. The smallest absolute Gasteiger partial charge is 0.145 e. The largest absolute Gasteiger partial charge is 0.292 e. The van der Waals surface area contributed by atoms with E-state index in [0.717, 1.165) is 28.1 Å². The molecule has 1 aliphatic carbocycles. The molecule has 11 rings (SSSR count). The third-order valence-electron chi connectivity index (χ3n) is 15.2. The van der Waals surface area contributed by atoms with Gasteiger partial charge in [0, 0.05) is 16.4 Å². The van der Waals surface area contributed by atoms with Crippen LogP contribution in [0, 0.1) is 0 Å². The van der Waals surface area contributed by atoms with Gasteiger partial charge in [-0.15, -0.1) is 21.9 Å². The van der Waals surface area contributed by atoms with Crippen LogP contribution in [-0.4, -0.2) is 72.3 Å². The van der Waals surface area contributed by atoms with Gasteiger partial charge in [-0.1, -0.05) is 145 Å². The molecule has 62 heavy (non-hydrogen) atoms. The molecule has 0 N–H and O–H groups in total. The molecule has 0 atom stereocenters. The average molecular weight is 783 g/mol. The Kier molecular flexibility index (Phi) is 8.65. The van der Waals surface area contributed by atoms with Gasteiger partial charge in [-0.2, -0.15) is 0 Å². The molecule has 0 saturated heterocycles. The maximum atomic E-state index is 5.32. The Labute approximate surface area is 371 Å². The molecule has 0 spiro atoms. The average Bonchev–Trinajstić information content (AvgIpc) is 3.79. The lowest BCUT2D eigenvalue weighted by atomic mass is 9.59. The molecule has 0 unspecified atom stereocenters. The minimum atomic E-state index is -0.0989. The standard InChI is InChI=1S/C52H44B8N2/c1-52(2)32-14-6-5-13-30(32)31-23-22-28(24-33(31)52)38-41-39(43(53)47(57)49(59)45(41)55)37(40-42(38)46(56)50(60)48(58)44(40)54)26-18-20-27(21-19-26)51-61-34-15-7-8-16-36(34)62(51)35-17-9-11-25-10-3-4-12-29(25)35/h3-24H,53-60H2,1-2H3. The van der Waals surface area contributed by atoms with Crippen molar-refractivity contribution in [3.63, 3.8) is 0 Å². The van der Waals surface area contributed by atoms with Crippen molar-refractivity contribution in [2.45, 2.75) is 19.3 Å². The first-order valence-corrected chi connectivity index (χ1v) is 22.2. The van der Waals surface area contributed by atoms with Crippen molar-refractivity contribution in [1.82, 2.24) is 9.55 Å². The fourth-order valence-corrected chi connectivity index (χ4v) is 11.2. The van der Waals surface area contributed by atoms with E-state index in [1.807, 2.05) is 0 Å². The molecule has 0 bridgehead atoms. The Bertz CT molecular complexity index is 3500. The predicted octanol–water partition coefficient (Wildman–Crippen LogP) is -0.140. The number of fused-ring (bicyclic) bond motifs is 7. The first-order chi connectivity index (χ1) is 29.9. The molecule has 9 aromatic carbocycles. The van der Waals surface area contributed by atoms with Crippen LogP contribution in [0.5, 0.6) is 0 Å². The Morgan fingerprint density at radius 1 is 0.435 bits per heavy atom. The fraction of sp³-hybridized carbons (Fsp3) is 0.0577. The van der Waals surface area contributed by atoms with Gasteiger partial charge < -0.3 is 0 Å². The fourth-order valence-electron chi connectivity index (χ4n) is 11.2. The molecular weight excluding hydrogens is 739 g/mol. The number of nitrogens with zero attached hydrogens (tertiary/aromatic N) is 2. The van der Waals surface area contributed by atoms with Gasteiger partial charge in [0.05, 0.1) is 16.7 Å². The lowest BCUT2D eigenvalue weighted by Crippen LogP contribution is -2.50. The summed E-state index contributed by atoms with van der Waals surface area (Å²) in [7, 11) is 18.7. The van der Waals surface area contributed by atoms with Gasteiger partial charge in [0.2, 0.25) is 0 Å². The van der Waals surface area contributed by atoms with Crippen LogP contribution in [0.3, 0.4) is 0 Å². The minimum absolute atomic E-state index is 0.0989. The van der Waals surface area contributed by atoms with Crippen molar-refractivity contribution in [2.75, 3.05) is 0 Å². The minimum Gasteiger partial charge on any atom is -0.292 e. The number of benzene rings is 9. The van der Waals surface area contributed by atoms with Crippen molar-refractivity contribution in [1.29, 1.82) is 0 Å². The summed E-state index contributed by atoms with van der Waals surface area (Å²) < 4.78 is 2.35. The Hall–Kier alpha value is -6.25. The number of para-hydroxylation sites is 2. The number of rotatable bonds is 4. The van der Waals surface area contributed by atoms with Crippen LogP contribution < -0.4 is 43.7 Å². The topological polar surface area (TPSA) is 17.8 Å². The zero-order chi connectivity index (χ0) is 42.9. The summed E-state index contributed by atoms with van der Waals surface area (Å²) in [4.78, 5) is 5.32. The quantitative estimate of drug-likeness (QED) is 0.180. The molecule has 0 aliphatic heterocycles. The van der Waals surface area contributed by atoms with Gasteiger partial charge in [0.15, 0.2) is 0 Å². The van der Waals surface area contributed by atoms with E-state index >= 15 is 0 Å². The molecule has 1 aromatic heterocycles. The first kappa shape index (κ1) is 38.7. The number of hydrogen-bond acceptors (Lipinski definition) is 1. The molecule has 10 aromatic rings. The highest BCUT2D eigenvalue weighted by Gasteiger charge is 2.36. The van der Waals surface area contributed by atoms with Crippen molar-refractivity contribution >= 4 is 150 Å². The molecule has 0 amide bonds. The van der Waals surface area contributed by atoms with Crippen LogP contribution in [0.4, 0.5) is 0 Å². The SMILES string of the molecule is Bc1c(B)c(B)c2c(-c3ccc4c(c3)C(C)(C)c3ccccc3-4)c3c(B)c(B)c(B)c(B)c3c(-c3ccc(-c4nc5ccccc5n4-c4cccc5ccccc45)cc3)c2c1B. The molecule has 1 heterocycles. The lowest BCUT2D eigenvalue weighted by molar-refractivity contribution is 0.660. The third kappa shape index (κ3) is 5.31. The van der Waals surface area contributed by atoms with E-state index in [4.69, 9.17) is 4.98 Å². The van der Waals surface area contributed by atoms with Gasteiger partial charge in [0.1, 0.15) is 68.6 Å². The van der Waals surface area contributed by atoms with Gasteiger partial charge >= 0.3 is 0 Å². The van der Waals surface area contributed by atoms with Crippen LogP contribution in [0.1, 0.15) is 25.0 Å². The van der Waals surface area contributed by atoms with Crippen LogP contribution in [0.2, 0.25) is 0 Å². The van der Waals surface area contributed by atoms with E-state index < -0.39 is 0 Å². The second kappa shape index (κ2) is 13.9. The van der Waals surface area contributed by atoms with Crippen LogP contribution in [-0.2, 0) is 5.41 Å². The third-order valence-corrected chi connectivity index (χ3v) is 15.2. The summed E-state index contributed by atoms with van der Waals surface area (Å²) >= 11 is 0. The van der Waals surface area contributed by atoms with Gasteiger partial charge in [-0.05, 0) is 95.7 Å². The second-order valence-corrected chi connectivity index (χ2v) is 18.5. The second-order valence-electron chi connectivity index (χ2n) is 18.5. The van der Waals surface area contributed by atoms with Crippen molar-refractivity contribution in [3.8, 4) is 50.5 Å². The van der Waals surface area contributed by atoms with E-state index in [1.54, 1.807) is 0 Å². The number of hydrogen-bond donors (Lipinski definition) is 0. The van der Waals surface area contributed by atoms with Gasteiger partial charge in [0.25, 0.3) is 0 Å². The van der Waals surface area contributed by atoms with E-state index in [-0.39, 0.29) is 5.41 Å². The Balaban J connectivity index is 1.21. The van der Waals surface area contributed by atoms with Crippen molar-refractivity contribution in [3.05, 3.63) is 145 Å². The van der Waals surface area contributed by atoms with E-state index in [2.05, 4.69) is 215 Å². The molecule has 10 heteroatoms. The molecule has 2 nitrogen and oxygen atoms in total. The molecular formula is C52H44B8N2. The van der Waals surface area contributed by atoms with Crippen molar-refractivity contribution in [2.24, 2.45) is 0 Å². The first-order valence-electron chi connectivity index (χ1n) is 22.2. The Morgan fingerprint density at radius 3 is 1.60 bits per heavy atom. The number of imidazole rings is 1.